The van der Waals surface area contributed by atoms with Crippen molar-refractivity contribution in [2.75, 3.05) is 6.61 Å². The van der Waals surface area contributed by atoms with Crippen LogP contribution < -0.4 is 0 Å². The standard InChI is InChI=1S/C9H14N2O3/c1-4-14-9(13)8-6(2)10-11(3)7(8)5-12/h12H,4-5H2,1-3H3. The summed E-state index contributed by atoms with van der Waals surface area (Å²) in [6.45, 7) is 3.55. The molecule has 0 fully saturated rings. The SMILES string of the molecule is CCOC(=O)c1c(C)nn(C)c1CO. The number of aliphatic hydroxyl groups is 1. The maximum atomic E-state index is 11.5. The number of aromatic nitrogens is 2. The van der Waals surface area contributed by atoms with Crippen molar-refractivity contribution in [2.24, 2.45) is 7.05 Å². The Morgan fingerprint density at radius 3 is 2.79 bits per heavy atom. The molecule has 14 heavy (non-hydrogen) atoms. The summed E-state index contributed by atoms with van der Waals surface area (Å²) in [5.74, 6) is -0.429. The molecule has 0 unspecified atom stereocenters. The zero-order valence-electron chi connectivity index (χ0n) is 8.57. The number of rotatable bonds is 3. The van der Waals surface area contributed by atoms with E-state index in [1.807, 2.05) is 0 Å². The summed E-state index contributed by atoms with van der Waals surface area (Å²) in [5, 5.41) is 13.1. The number of ether oxygens (including phenoxy) is 1. The second kappa shape index (κ2) is 4.23. The second-order valence-electron chi connectivity index (χ2n) is 2.91. The Morgan fingerprint density at radius 1 is 1.64 bits per heavy atom. The van der Waals surface area contributed by atoms with Gasteiger partial charge in [0, 0.05) is 7.05 Å². The zero-order valence-corrected chi connectivity index (χ0v) is 8.57. The van der Waals surface area contributed by atoms with Crippen LogP contribution in [0.15, 0.2) is 0 Å². The molecular weight excluding hydrogens is 184 g/mol. The summed E-state index contributed by atoms with van der Waals surface area (Å²) in [5.41, 5.74) is 1.44. The molecule has 1 N–H and O–H groups in total. The summed E-state index contributed by atoms with van der Waals surface area (Å²) in [6.07, 6.45) is 0. The van der Waals surface area contributed by atoms with Gasteiger partial charge < -0.3 is 9.84 Å². The van der Waals surface area contributed by atoms with Crippen LogP contribution in [0.5, 0.6) is 0 Å². The van der Waals surface area contributed by atoms with Gasteiger partial charge in [0.1, 0.15) is 5.56 Å². The minimum absolute atomic E-state index is 0.217. The van der Waals surface area contributed by atoms with E-state index in [2.05, 4.69) is 5.10 Å². The van der Waals surface area contributed by atoms with Crippen molar-refractivity contribution in [3.8, 4) is 0 Å². The van der Waals surface area contributed by atoms with Crippen LogP contribution in [0.2, 0.25) is 0 Å². The smallest absolute Gasteiger partial charge is 0.341 e. The Bertz CT molecular complexity index is 344. The topological polar surface area (TPSA) is 64.3 Å². The Labute approximate surface area is 82.3 Å². The number of aliphatic hydroxyl groups excluding tert-OH is 1. The van der Waals surface area contributed by atoms with Crippen LogP contribution in [0.25, 0.3) is 0 Å². The van der Waals surface area contributed by atoms with Gasteiger partial charge in [0.2, 0.25) is 0 Å². The molecule has 1 aromatic rings. The first-order valence-corrected chi connectivity index (χ1v) is 4.42. The first-order chi connectivity index (χ1) is 6.61. The molecule has 0 atom stereocenters. The largest absolute Gasteiger partial charge is 0.462 e. The van der Waals surface area contributed by atoms with Crippen molar-refractivity contribution in [3.63, 3.8) is 0 Å². The second-order valence-corrected chi connectivity index (χ2v) is 2.91. The van der Waals surface area contributed by atoms with E-state index in [1.54, 1.807) is 20.9 Å². The first kappa shape index (κ1) is 10.7. The van der Waals surface area contributed by atoms with Gasteiger partial charge in [0.15, 0.2) is 0 Å². The van der Waals surface area contributed by atoms with E-state index in [4.69, 9.17) is 9.84 Å². The number of hydrogen-bond donors (Lipinski definition) is 1. The van der Waals surface area contributed by atoms with E-state index in [0.717, 1.165) is 0 Å². The fourth-order valence-corrected chi connectivity index (χ4v) is 1.36. The molecule has 0 aliphatic heterocycles. The monoisotopic (exact) mass is 198 g/mol. The molecule has 0 aliphatic rings. The molecule has 0 saturated heterocycles. The average molecular weight is 198 g/mol. The van der Waals surface area contributed by atoms with Gasteiger partial charge in [-0.05, 0) is 13.8 Å². The summed E-state index contributed by atoms with van der Waals surface area (Å²) in [7, 11) is 1.68. The van der Waals surface area contributed by atoms with Crippen LogP contribution in [-0.4, -0.2) is 27.5 Å². The number of nitrogens with zero attached hydrogens (tertiary/aromatic N) is 2. The van der Waals surface area contributed by atoms with Gasteiger partial charge in [-0.25, -0.2) is 4.79 Å². The third kappa shape index (κ3) is 1.77. The predicted molar refractivity (Wildman–Crippen MR) is 49.8 cm³/mol. The number of esters is 1. The lowest BCUT2D eigenvalue weighted by molar-refractivity contribution is 0.0521. The van der Waals surface area contributed by atoms with Gasteiger partial charge in [0.25, 0.3) is 0 Å². The van der Waals surface area contributed by atoms with Gasteiger partial charge in [-0.2, -0.15) is 5.10 Å². The van der Waals surface area contributed by atoms with Crippen molar-refractivity contribution < 1.29 is 14.6 Å². The normalized spacial score (nSPS) is 10.3. The molecule has 0 amide bonds. The van der Waals surface area contributed by atoms with E-state index >= 15 is 0 Å². The van der Waals surface area contributed by atoms with Crippen LogP contribution in [0.1, 0.15) is 28.7 Å². The van der Waals surface area contributed by atoms with Crippen molar-refractivity contribution >= 4 is 5.97 Å². The first-order valence-electron chi connectivity index (χ1n) is 4.42. The molecule has 0 radical (unpaired) electrons. The Hall–Kier alpha value is -1.36. The fourth-order valence-electron chi connectivity index (χ4n) is 1.36. The lowest BCUT2D eigenvalue weighted by Crippen LogP contribution is -2.09. The van der Waals surface area contributed by atoms with Crippen LogP contribution >= 0.6 is 0 Å². The minimum Gasteiger partial charge on any atom is -0.462 e. The minimum atomic E-state index is -0.429. The number of aryl methyl sites for hydroxylation is 2. The van der Waals surface area contributed by atoms with Crippen LogP contribution in [0, 0.1) is 6.92 Å². The molecular formula is C9H14N2O3. The summed E-state index contributed by atoms with van der Waals surface area (Å²) in [6, 6.07) is 0. The maximum absolute atomic E-state index is 11.5. The Kier molecular flexibility index (Phi) is 3.24. The molecule has 1 rings (SSSR count). The molecule has 0 aromatic carbocycles. The molecule has 0 bridgehead atoms. The van der Waals surface area contributed by atoms with E-state index in [1.165, 1.54) is 4.68 Å². The molecule has 0 spiro atoms. The Morgan fingerprint density at radius 2 is 2.29 bits per heavy atom. The average Bonchev–Trinajstić information content (AvgIpc) is 2.40. The third-order valence-corrected chi connectivity index (χ3v) is 1.97. The fraction of sp³-hybridized carbons (Fsp3) is 0.556. The zero-order chi connectivity index (χ0) is 10.7. The van der Waals surface area contributed by atoms with E-state index in [0.29, 0.717) is 23.6 Å². The Balaban J connectivity index is 3.11. The molecule has 1 heterocycles. The molecule has 1 aromatic heterocycles. The summed E-state index contributed by atoms with van der Waals surface area (Å²) in [4.78, 5) is 11.5. The van der Waals surface area contributed by atoms with Crippen LogP contribution in [-0.2, 0) is 18.4 Å². The molecule has 5 heteroatoms. The lowest BCUT2D eigenvalue weighted by atomic mass is 10.2. The van der Waals surface area contributed by atoms with E-state index in [9.17, 15) is 4.79 Å². The summed E-state index contributed by atoms with van der Waals surface area (Å²) < 4.78 is 6.35. The maximum Gasteiger partial charge on any atom is 0.341 e. The van der Waals surface area contributed by atoms with Gasteiger partial charge in [-0.3, -0.25) is 4.68 Å². The van der Waals surface area contributed by atoms with Crippen LogP contribution in [0.4, 0.5) is 0 Å². The number of carbonyl (C=O) groups excluding carboxylic acids is 1. The number of hydrogen-bond acceptors (Lipinski definition) is 4. The van der Waals surface area contributed by atoms with Gasteiger partial charge >= 0.3 is 5.97 Å². The van der Waals surface area contributed by atoms with Crippen molar-refractivity contribution in [3.05, 3.63) is 17.0 Å². The van der Waals surface area contributed by atoms with Crippen LogP contribution in [0.3, 0.4) is 0 Å². The highest BCUT2D eigenvalue weighted by Crippen LogP contribution is 2.14. The van der Waals surface area contributed by atoms with Gasteiger partial charge in [0.05, 0.1) is 24.6 Å². The lowest BCUT2D eigenvalue weighted by Gasteiger charge is -2.02. The quantitative estimate of drug-likeness (QED) is 0.714. The highest BCUT2D eigenvalue weighted by atomic mass is 16.5. The van der Waals surface area contributed by atoms with Crippen molar-refractivity contribution in [2.45, 2.75) is 20.5 Å². The van der Waals surface area contributed by atoms with Crippen molar-refractivity contribution in [1.29, 1.82) is 0 Å². The molecule has 0 aliphatic carbocycles. The predicted octanol–water partition coefficient (Wildman–Crippen LogP) is 0.398. The molecule has 78 valence electrons. The number of carbonyl (C=O) groups is 1. The molecule has 5 nitrogen and oxygen atoms in total. The van der Waals surface area contributed by atoms with Crippen molar-refractivity contribution in [1.82, 2.24) is 9.78 Å². The van der Waals surface area contributed by atoms with Gasteiger partial charge in [-0.15, -0.1) is 0 Å². The third-order valence-electron chi connectivity index (χ3n) is 1.97. The summed E-state index contributed by atoms with van der Waals surface area (Å²) >= 11 is 0. The highest BCUT2D eigenvalue weighted by molar-refractivity contribution is 5.91. The van der Waals surface area contributed by atoms with Gasteiger partial charge in [-0.1, -0.05) is 0 Å². The van der Waals surface area contributed by atoms with E-state index < -0.39 is 5.97 Å². The van der Waals surface area contributed by atoms with E-state index in [-0.39, 0.29) is 6.61 Å². The molecule has 0 saturated carbocycles. The highest BCUT2D eigenvalue weighted by Gasteiger charge is 2.20.